The molecule has 1 amide bonds. The average molecular weight is 577 g/mol. The number of aliphatic hydroxyl groups is 1. The van der Waals surface area contributed by atoms with E-state index in [4.69, 9.17) is 0 Å². The maximum absolute atomic E-state index is 13.8. The van der Waals surface area contributed by atoms with E-state index < -0.39 is 37.2 Å². The van der Waals surface area contributed by atoms with Gasteiger partial charge in [-0.3, -0.25) is 9.52 Å². The molecule has 0 bridgehead atoms. The summed E-state index contributed by atoms with van der Waals surface area (Å²) < 4.78 is 69.3. The third-order valence-electron chi connectivity index (χ3n) is 7.34. The fourth-order valence-corrected chi connectivity index (χ4v) is 7.23. The van der Waals surface area contributed by atoms with Gasteiger partial charge in [0, 0.05) is 23.7 Å². The number of amidine groups is 1. The number of aliphatic hydroxyl groups excluding tert-OH is 1. The van der Waals surface area contributed by atoms with Crippen molar-refractivity contribution in [3.8, 4) is 0 Å². The summed E-state index contributed by atoms with van der Waals surface area (Å²) in [6.45, 7) is 2.00. The number of nitrogens with one attached hydrogen (secondary N) is 2. The van der Waals surface area contributed by atoms with Gasteiger partial charge < -0.3 is 15.3 Å². The minimum absolute atomic E-state index is 0.0374. The second-order valence-electron chi connectivity index (χ2n) is 10.6. The SMILES string of the molecule is C[C@@]1(Cc2ccc(F)cc2)CN(C2CCCC2)C(=O)C(C2=NS(=O)(=O)c3cc(NS(C)(=O)=O)ccc3N2)=C1O. The second kappa shape index (κ2) is 9.63. The number of nitrogens with zero attached hydrogens (tertiary/aromatic N) is 2. The molecule has 2 aromatic carbocycles. The topological polar surface area (TPSA) is 145 Å². The van der Waals surface area contributed by atoms with Gasteiger partial charge in [-0.1, -0.05) is 31.9 Å². The van der Waals surface area contributed by atoms with Gasteiger partial charge in [-0.25, -0.2) is 12.8 Å². The van der Waals surface area contributed by atoms with E-state index in [1.165, 1.54) is 24.3 Å². The summed E-state index contributed by atoms with van der Waals surface area (Å²) in [7, 11) is -8.02. The van der Waals surface area contributed by atoms with Crippen LogP contribution in [0, 0.1) is 11.2 Å². The van der Waals surface area contributed by atoms with Crippen LogP contribution in [0.25, 0.3) is 0 Å². The molecule has 1 saturated carbocycles. The summed E-state index contributed by atoms with van der Waals surface area (Å²) in [6, 6.07) is 9.70. The van der Waals surface area contributed by atoms with Gasteiger partial charge in [0.2, 0.25) is 10.0 Å². The van der Waals surface area contributed by atoms with Crippen LogP contribution >= 0.6 is 0 Å². The molecule has 3 aliphatic rings. The number of halogens is 1. The van der Waals surface area contributed by atoms with E-state index in [1.807, 2.05) is 0 Å². The molecule has 2 heterocycles. The molecule has 0 saturated heterocycles. The number of carbonyl (C=O) groups excluding carboxylic acids is 1. The number of rotatable bonds is 6. The van der Waals surface area contributed by atoms with E-state index >= 15 is 0 Å². The fourth-order valence-electron chi connectivity index (χ4n) is 5.53. The van der Waals surface area contributed by atoms with Gasteiger partial charge in [-0.05, 0) is 55.2 Å². The summed E-state index contributed by atoms with van der Waals surface area (Å²) >= 11 is 0. The van der Waals surface area contributed by atoms with Crippen LogP contribution < -0.4 is 10.0 Å². The molecule has 0 spiro atoms. The number of amides is 1. The first-order chi connectivity index (χ1) is 18.3. The molecular formula is C26H29FN4O6S2. The van der Waals surface area contributed by atoms with Crippen LogP contribution in [0.5, 0.6) is 0 Å². The number of hydrogen-bond acceptors (Lipinski definition) is 7. The first-order valence-corrected chi connectivity index (χ1v) is 15.8. The van der Waals surface area contributed by atoms with Crippen molar-refractivity contribution in [1.82, 2.24) is 4.90 Å². The summed E-state index contributed by atoms with van der Waals surface area (Å²) in [5.41, 5.74) is -0.361. The fraction of sp³-hybridized carbons (Fsp3) is 0.385. The molecule has 2 aliphatic heterocycles. The summed E-state index contributed by atoms with van der Waals surface area (Å²) in [6.07, 6.45) is 4.72. The Hall–Kier alpha value is -3.45. The minimum atomic E-state index is -4.37. The molecule has 5 rings (SSSR count). The zero-order valence-corrected chi connectivity index (χ0v) is 23.1. The van der Waals surface area contributed by atoms with E-state index in [1.54, 1.807) is 24.0 Å². The number of anilines is 2. The zero-order valence-electron chi connectivity index (χ0n) is 21.4. The lowest BCUT2D eigenvalue weighted by atomic mass is 9.76. The monoisotopic (exact) mass is 576 g/mol. The molecule has 13 heteroatoms. The lowest BCUT2D eigenvalue weighted by Crippen LogP contribution is -2.53. The van der Waals surface area contributed by atoms with Crippen LogP contribution in [0.1, 0.15) is 38.2 Å². The van der Waals surface area contributed by atoms with Gasteiger partial charge in [0.05, 0.1) is 11.9 Å². The molecule has 1 aliphatic carbocycles. The third-order valence-corrected chi connectivity index (χ3v) is 9.26. The molecule has 1 fully saturated rings. The van der Waals surface area contributed by atoms with Gasteiger partial charge in [-0.15, -0.1) is 4.40 Å². The Morgan fingerprint density at radius 2 is 1.85 bits per heavy atom. The highest BCUT2D eigenvalue weighted by Gasteiger charge is 2.47. The quantitative estimate of drug-likeness (QED) is 0.477. The molecule has 10 nitrogen and oxygen atoms in total. The maximum atomic E-state index is 13.8. The predicted molar refractivity (Wildman–Crippen MR) is 145 cm³/mol. The Morgan fingerprint density at radius 1 is 1.18 bits per heavy atom. The van der Waals surface area contributed by atoms with Gasteiger partial charge >= 0.3 is 0 Å². The van der Waals surface area contributed by atoms with Crippen LogP contribution in [-0.2, 0) is 31.3 Å². The summed E-state index contributed by atoms with van der Waals surface area (Å²) in [5, 5.41) is 14.4. The average Bonchev–Trinajstić information content (AvgIpc) is 3.37. The van der Waals surface area contributed by atoms with Gasteiger partial charge in [0.1, 0.15) is 22.0 Å². The normalized spacial score (nSPS) is 23.3. The highest BCUT2D eigenvalue weighted by molar-refractivity contribution is 7.92. The number of carbonyl (C=O) groups is 1. The van der Waals surface area contributed by atoms with Crippen LogP contribution in [0.4, 0.5) is 15.8 Å². The van der Waals surface area contributed by atoms with Crippen molar-refractivity contribution in [2.75, 3.05) is 22.8 Å². The van der Waals surface area contributed by atoms with E-state index in [2.05, 4.69) is 14.4 Å². The van der Waals surface area contributed by atoms with E-state index in [0.717, 1.165) is 43.6 Å². The Balaban J connectivity index is 1.59. The van der Waals surface area contributed by atoms with Gasteiger partial charge in [0.15, 0.2) is 5.84 Å². The number of hydrogen-bond donors (Lipinski definition) is 3. The number of benzene rings is 2. The van der Waals surface area contributed by atoms with Crippen molar-refractivity contribution in [2.45, 2.75) is 50.0 Å². The first-order valence-electron chi connectivity index (χ1n) is 12.5. The van der Waals surface area contributed by atoms with E-state index in [9.17, 15) is 31.1 Å². The van der Waals surface area contributed by atoms with Crippen molar-refractivity contribution in [3.05, 3.63) is 65.2 Å². The van der Waals surface area contributed by atoms with Crippen molar-refractivity contribution in [1.29, 1.82) is 0 Å². The summed E-state index contributed by atoms with van der Waals surface area (Å²) in [4.78, 5) is 15.2. The number of fused-ring (bicyclic) bond motifs is 1. The molecule has 208 valence electrons. The maximum Gasteiger partial charge on any atom is 0.286 e. The Kier molecular flexibility index (Phi) is 6.70. The highest BCUT2D eigenvalue weighted by Crippen LogP contribution is 2.42. The lowest BCUT2D eigenvalue weighted by Gasteiger charge is -2.43. The molecule has 39 heavy (non-hydrogen) atoms. The van der Waals surface area contributed by atoms with Crippen LogP contribution in [0.3, 0.4) is 0 Å². The Labute approximate surface area is 226 Å². The van der Waals surface area contributed by atoms with Crippen molar-refractivity contribution in [3.63, 3.8) is 0 Å². The minimum Gasteiger partial charge on any atom is -0.511 e. The Morgan fingerprint density at radius 3 is 2.49 bits per heavy atom. The molecule has 2 aromatic rings. The standard InChI is InChI=1S/C26H29FN4O6S2/c1-26(14-16-7-9-17(27)10-8-16)15-31(19-5-3-4-6-19)25(33)22(23(26)32)24-28-20-12-11-18(29-38(2,34)35)13-21(20)39(36,37)30-24/h7-13,19,29,32H,3-6,14-15H2,1-2H3,(H,28,30)/t26-/m1/s1. The van der Waals surface area contributed by atoms with Crippen LogP contribution in [0.2, 0.25) is 0 Å². The highest BCUT2D eigenvalue weighted by atomic mass is 32.2. The predicted octanol–water partition coefficient (Wildman–Crippen LogP) is 3.56. The lowest BCUT2D eigenvalue weighted by molar-refractivity contribution is -0.132. The van der Waals surface area contributed by atoms with Gasteiger partial charge in [0.25, 0.3) is 15.9 Å². The smallest absolute Gasteiger partial charge is 0.286 e. The van der Waals surface area contributed by atoms with E-state index in [0.29, 0.717) is 0 Å². The first kappa shape index (κ1) is 27.1. The third kappa shape index (κ3) is 5.37. The zero-order chi connectivity index (χ0) is 28.2. The Bertz CT molecular complexity index is 1610. The molecule has 0 aromatic heterocycles. The van der Waals surface area contributed by atoms with Crippen LogP contribution in [0.15, 0.2) is 63.1 Å². The van der Waals surface area contributed by atoms with Crippen molar-refractivity contribution in [2.24, 2.45) is 9.81 Å². The van der Waals surface area contributed by atoms with E-state index in [-0.39, 0.29) is 52.4 Å². The molecule has 0 unspecified atom stereocenters. The number of sulfonamides is 2. The van der Waals surface area contributed by atoms with Crippen molar-refractivity contribution >= 4 is 43.2 Å². The largest absolute Gasteiger partial charge is 0.511 e. The van der Waals surface area contributed by atoms with Crippen molar-refractivity contribution < 1.29 is 31.1 Å². The molecule has 1 atom stereocenters. The van der Waals surface area contributed by atoms with Crippen LogP contribution in [-0.4, -0.2) is 57.4 Å². The second-order valence-corrected chi connectivity index (χ2v) is 13.9. The molecule has 3 N–H and O–H groups in total. The summed E-state index contributed by atoms with van der Waals surface area (Å²) in [5.74, 6) is -1.51. The molecule has 0 radical (unpaired) electrons. The van der Waals surface area contributed by atoms with Gasteiger partial charge in [-0.2, -0.15) is 8.42 Å². The molecular weight excluding hydrogens is 547 g/mol.